The normalized spacial score (nSPS) is 20.2. The van der Waals surface area contributed by atoms with E-state index in [0.717, 1.165) is 6.29 Å². The van der Waals surface area contributed by atoms with E-state index in [9.17, 15) is 13.2 Å². The summed E-state index contributed by atoms with van der Waals surface area (Å²) in [5.74, 6) is 0.690. The topological polar surface area (TPSA) is 54.5 Å². The highest BCUT2D eigenvalue weighted by atomic mass is 32.2. The molecule has 1 fully saturated rings. The largest absolute Gasteiger partial charge is 0.303 e. The zero-order chi connectivity index (χ0) is 12.2. The van der Waals surface area contributed by atoms with E-state index >= 15 is 0 Å². The van der Waals surface area contributed by atoms with Gasteiger partial charge in [0.2, 0.25) is 10.0 Å². The number of sulfonamides is 1. The molecule has 1 aliphatic rings. The van der Waals surface area contributed by atoms with Gasteiger partial charge in [-0.1, -0.05) is 13.8 Å². The van der Waals surface area contributed by atoms with Crippen molar-refractivity contribution in [3.8, 4) is 0 Å². The molecule has 0 saturated carbocycles. The highest BCUT2D eigenvalue weighted by molar-refractivity contribution is 7.89. The molecule has 0 N–H and O–H groups in total. The Kier molecular flexibility index (Phi) is 4.92. The Labute approximate surface area is 98.1 Å². The number of nitrogens with zero attached hydrogens (tertiary/aromatic N) is 1. The number of rotatable bonds is 5. The molecule has 0 bridgehead atoms. The molecule has 0 unspecified atom stereocenters. The van der Waals surface area contributed by atoms with Gasteiger partial charge in [-0.15, -0.1) is 0 Å². The molecule has 0 aromatic carbocycles. The summed E-state index contributed by atoms with van der Waals surface area (Å²) in [7, 11) is -3.09. The summed E-state index contributed by atoms with van der Waals surface area (Å²) in [5, 5.41) is 0. The van der Waals surface area contributed by atoms with Crippen molar-refractivity contribution in [3.63, 3.8) is 0 Å². The van der Waals surface area contributed by atoms with Crippen LogP contribution < -0.4 is 0 Å². The van der Waals surface area contributed by atoms with E-state index in [0.29, 0.717) is 38.3 Å². The minimum absolute atomic E-state index is 0.0524. The van der Waals surface area contributed by atoms with E-state index < -0.39 is 10.0 Å². The first-order valence-corrected chi connectivity index (χ1v) is 7.49. The molecule has 0 amide bonds. The summed E-state index contributed by atoms with van der Waals surface area (Å²) < 4.78 is 25.4. The Morgan fingerprint density at radius 1 is 1.31 bits per heavy atom. The smallest absolute Gasteiger partial charge is 0.214 e. The van der Waals surface area contributed by atoms with Crippen molar-refractivity contribution in [2.24, 2.45) is 11.8 Å². The SMILES string of the molecule is CC(C)CCS(=O)(=O)N1CCC(C=O)CC1. The Bertz CT molecular complexity index is 316. The quantitative estimate of drug-likeness (QED) is 0.688. The lowest BCUT2D eigenvalue weighted by Crippen LogP contribution is -2.40. The van der Waals surface area contributed by atoms with Gasteiger partial charge >= 0.3 is 0 Å². The first-order valence-electron chi connectivity index (χ1n) is 5.89. The van der Waals surface area contributed by atoms with Crippen molar-refractivity contribution in [2.45, 2.75) is 33.1 Å². The van der Waals surface area contributed by atoms with Crippen molar-refractivity contribution < 1.29 is 13.2 Å². The van der Waals surface area contributed by atoms with Crippen LogP contribution in [0.4, 0.5) is 0 Å². The second-order valence-electron chi connectivity index (χ2n) is 4.87. The number of carbonyl (C=O) groups is 1. The maximum Gasteiger partial charge on any atom is 0.214 e. The molecule has 0 atom stereocenters. The van der Waals surface area contributed by atoms with Gasteiger partial charge in [0.25, 0.3) is 0 Å². The first-order chi connectivity index (χ1) is 7.45. The fraction of sp³-hybridized carbons (Fsp3) is 0.909. The fourth-order valence-corrected chi connectivity index (χ4v) is 3.60. The molecule has 4 nitrogen and oxygen atoms in total. The Morgan fingerprint density at radius 2 is 1.88 bits per heavy atom. The van der Waals surface area contributed by atoms with Crippen LogP contribution in [0.15, 0.2) is 0 Å². The Balaban J connectivity index is 2.48. The maximum absolute atomic E-state index is 11.9. The van der Waals surface area contributed by atoms with E-state index in [2.05, 4.69) is 0 Å². The summed E-state index contributed by atoms with van der Waals surface area (Å²) in [6, 6.07) is 0. The monoisotopic (exact) mass is 247 g/mol. The minimum atomic E-state index is -3.09. The van der Waals surface area contributed by atoms with Gasteiger partial charge in [-0.3, -0.25) is 0 Å². The van der Waals surface area contributed by atoms with Gasteiger partial charge in [0, 0.05) is 19.0 Å². The highest BCUT2D eigenvalue weighted by Crippen LogP contribution is 2.19. The van der Waals surface area contributed by atoms with E-state index in [4.69, 9.17) is 0 Å². The van der Waals surface area contributed by atoms with Gasteiger partial charge in [0.05, 0.1) is 5.75 Å². The second kappa shape index (κ2) is 5.77. The molecule has 1 saturated heterocycles. The second-order valence-corrected chi connectivity index (χ2v) is 6.96. The number of carbonyl (C=O) groups excluding carboxylic acids is 1. The summed E-state index contributed by atoms with van der Waals surface area (Å²) >= 11 is 0. The molecule has 0 aromatic heterocycles. The van der Waals surface area contributed by atoms with E-state index in [-0.39, 0.29) is 11.7 Å². The number of piperidine rings is 1. The number of aldehydes is 1. The molecule has 0 radical (unpaired) electrons. The maximum atomic E-state index is 11.9. The Morgan fingerprint density at radius 3 is 2.31 bits per heavy atom. The summed E-state index contributed by atoms with van der Waals surface area (Å²) in [6.07, 6.45) is 2.99. The molecule has 0 aliphatic carbocycles. The molecule has 16 heavy (non-hydrogen) atoms. The van der Waals surface area contributed by atoms with Crippen LogP contribution in [0.2, 0.25) is 0 Å². The first kappa shape index (κ1) is 13.6. The van der Waals surface area contributed by atoms with Gasteiger partial charge in [-0.2, -0.15) is 0 Å². The van der Waals surface area contributed by atoms with Crippen molar-refractivity contribution in [1.82, 2.24) is 4.31 Å². The van der Waals surface area contributed by atoms with Crippen LogP contribution in [-0.2, 0) is 14.8 Å². The van der Waals surface area contributed by atoms with Crippen LogP contribution in [0, 0.1) is 11.8 Å². The molecular weight excluding hydrogens is 226 g/mol. The van der Waals surface area contributed by atoms with E-state index in [1.165, 1.54) is 4.31 Å². The number of hydrogen-bond acceptors (Lipinski definition) is 3. The third kappa shape index (κ3) is 3.87. The predicted molar refractivity (Wildman–Crippen MR) is 63.6 cm³/mol. The zero-order valence-corrected chi connectivity index (χ0v) is 10.9. The van der Waals surface area contributed by atoms with Crippen LogP contribution in [0.3, 0.4) is 0 Å². The average Bonchev–Trinajstić information content (AvgIpc) is 2.27. The lowest BCUT2D eigenvalue weighted by Gasteiger charge is -2.29. The van der Waals surface area contributed by atoms with E-state index in [1.54, 1.807) is 0 Å². The van der Waals surface area contributed by atoms with Crippen molar-refractivity contribution >= 4 is 16.3 Å². The van der Waals surface area contributed by atoms with Crippen LogP contribution in [0.25, 0.3) is 0 Å². The number of hydrogen-bond donors (Lipinski definition) is 0. The molecule has 0 spiro atoms. The molecule has 94 valence electrons. The molecule has 5 heteroatoms. The van der Waals surface area contributed by atoms with Gasteiger partial charge < -0.3 is 4.79 Å². The van der Waals surface area contributed by atoms with Gasteiger partial charge in [0.15, 0.2) is 0 Å². The highest BCUT2D eigenvalue weighted by Gasteiger charge is 2.27. The third-order valence-corrected chi connectivity index (χ3v) is 4.94. The average molecular weight is 247 g/mol. The minimum Gasteiger partial charge on any atom is -0.303 e. The van der Waals surface area contributed by atoms with Gasteiger partial charge in [-0.05, 0) is 25.2 Å². The van der Waals surface area contributed by atoms with Crippen LogP contribution in [-0.4, -0.2) is 37.9 Å². The summed E-state index contributed by atoms with van der Waals surface area (Å²) in [6.45, 7) is 5.05. The third-order valence-electron chi connectivity index (χ3n) is 3.04. The Hall–Kier alpha value is -0.420. The standard InChI is InChI=1S/C11H21NO3S/c1-10(2)5-8-16(14,15)12-6-3-11(9-13)4-7-12/h9-11H,3-8H2,1-2H3. The van der Waals surface area contributed by atoms with Crippen molar-refractivity contribution in [3.05, 3.63) is 0 Å². The zero-order valence-electron chi connectivity index (χ0n) is 10.1. The fourth-order valence-electron chi connectivity index (χ4n) is 1.80. The summed E-state index contributed by atoms with van der Waals surface area (Å²) in [4.78, 5) is 10.6. The summed E-state index contributed by atoms with van der Waals surface area (Å²) in [5.41, 5.74) is 0. The van der Waals surface area contributed by atoms with Crippen molar-refractivity contribution in [1.29, 1.82) is 0 Å². The van der Waals surface area contributed by atoms with Crippen LogP contribution in [0.5, 0.6) is 0 Å². The van der Waals surface area contributed by atoms with Gasteiger partial charge in [0.1, 0.15) is 6.29 Å². The van der Waals surface area contributed by atoms with E-state index in [1.807, 2.05) is 13.8 Å². The molecule has 1 heterocycles. The predicted octanol–water partition coefficient (Wildman–Crippen LogP) is 1.27. The van der Waals surface area contributed by atoms with Gasteiger partial charge in [-0.25, -0.2) is 12.7 Å². The van der Waals surface area contributed by atoms with Crippen LogP contribution >= 0.6 is 0 Å². The lowest BCUT2D eigenvalue weighted by molar-refractivity contribution is -0.112. The lowest BCUT2D eigenvalue weighted by atomic mass is 10.0. The molecular formula is C11H21NO3S. The molecule has 1 aliphatic heterocycles. The molecule has 0 aromatic rings. The van der Waals surface area contributed by atoms with Crippen LogP contribution in [0.1, 0.15) is 33.1 Å². The van der Waals surface area contributed by atoms with Crippen molar-refractivity contribution in [2.75, 3.05) is 18.8 Å². The molecule has 1 rings (SSSR count).